The van der Waals surface area contributed by atoms with Crippen LogP contribution in [0.4, 0.5) is 0 Å². The average Bonchev–Trinajstić information content (AvgIpc) is 2.43. The lowest BCUT2D eigenvalue weighted by atomic mass is 10.2. The second kappa shape index (κ2) is 5.54. The molecule has 0 bridgehead atoms. The molecule has 0 fully saturated rings. The quantitative estimate of drug-likeness (QED) is 0.642. The lowest BCUT2D eigenvalue weighted by Gasteiger charge is -2.08. The third kappa shape index (κ3) is 2.72. The van der Waals surface area contributed by atoms with Gasteiger partial charge >= 0.3 is 0 Å². The Morgan fingerprint density at radius 3 is 2.70 bits per heavy atom. The van der Waals surface area contributed by atoms with Crippen LogP contribution in [0.3, 0.4) is 0 Å². The number of benzene rings is 1. The molecule has 0 atom stereocenters. The molecule has 0 aliphatic heterocycles. The van der Waals surface area contributed by atoms with Crippen LogP contribution in [-0.4, -0.2) is 9.97 Å². The molecular formula is C16H13BrN2S. The molecule has 100 valence electrons. The van der Waals surface area contributed by atoms with Gasteiger partial charge in [0.1, 0.15) is 5.52 Å². The highest BCUT2D eigenvalue weighted by Crippen LogP contribution is 2.34. The van der Waals surface area contributed by atoms with Gasteiger partial charge in [0.2, 0.25) is 0 Å². The molecular weight excluding hydrogens is 332 g/mol. The zero-order chi connectivity index (χ0) is 14.1. The van der Waals surface area contributed by atoms with Gasteiger partial charge in [0.25, 0.3) is 0 Å². The molecule has 0 unspecified atom stereocenters. The van der Waals surface area contributed by atoms with E-state index in [1.165, 1.54) is 16.0 Å². The molecule has 0 aliphatic rings. The van der Waals surface area contributed by atoms with Gasteiger partial charge in [0.15, 0.2) is 0 Å². The summed E-state index contributed by atoms with van der Waals surface area (Å²) in [5.41, 5.74) is 4.41. The third-order valence-electron chi connectivity index (χ3n) is 3.07. The summed E-state index contributed by atoms with van der Waals surface area (Å²) in [6.45, 7) is 4.25. The van der Waals surface area contributed by atoms with Gasteiger partial charge in [-0.05, 0) is 59.1 Å². The van der Waals surface area contributed by atoms with Crippen molar-refractivity contribution in [3.63, 3.8) is 0 Å². The van der Waals surface area contributed by atoms with Crippen molar-refractivity contribution < 1.29 is 0 Å². The van der Waals surface area contributed by atoms with E-state index in [9.17, 15) is 0 Å². The maximum Gasteiger partial charge on any atom is 0.103 e. The van der Waals surface area contributed by atoms with E-state index < -0.39 is 0 Å². The predicted molar refractivity (Wildman–Crippen MR) is 87.3 cm³/mol. The number of fused-ring (bicyclic) bond motifs is 1. The van der Waals surface area contributed by atoms with E-state index in [1.54, 1.807) is 11.8 Å². The molecule has 2 aromatic heterocycles. The third-order valence-corrected chi connectivity index (χ3v) is 4.71. The number of halogens is 1. The van der Waals surface area contributed by atoms with Gasteiger partial charge in [-0.15, -0.1) is 0 Å². The summed E-state index contributed by atoms with van der Waals surface area (Å²) in [6, 6.07) is 10.5. The highest BCUT2D eigenvalue weighted by Gasteiger charge is 2.08. The zero-order valence-corrected chi connectivity index (χ0v) is 13.6. The van der Waals surface area contributed by atoms with E-state index >= 15 is 0 Å². The molecule has 0 radical (unpaired) electrons. The van der Waals surface area contributed by atoms with Gasteiger partial charge in [0, 0.05) is 26.7 Å². The molecule has 2 nitrogen and oxygen atoms in total. The minimum atomic E-state index is 0.912. The van der Waals surface area contributed by atoms with E-state index in [1.807, 2.05) is 24.5 Å². The Balaban J connectivity index is 2.09. The van der Waals surface area contributed by atoms with Gasteiger partial charge < -0.3 is 0 Å². The topological polar surface area (TPSA) is 25.8 Å². The van der Waals surface area contributed by atoms with Crippen LogP contribution in [0.2, 0.25) is 0 Å². The van der Waals surface area contributed by atoms with Gasteiger partial charge in [-0.3, -0.25) is 9.97 Å². The van der Waals surface area contributed by atoms with Crippen molar-refractivity contribution in [2.45, 2.75) is 23.6 Å². The largest absolute Gasteiger partial charge is 0.254 e. The Bertz CT molecular complexity index is 787. The molecule has 0 aliphatic carbocycles. The first-order valence-electron chi connectivity index (χ1n) is 6.29. The number of rotatable bonds is 2. The summed E-state index contributed by atoms with van der Waals surface area (Å²) in [6.07, 6.45) is 3.65. The highest BCUT2D eigenvalue weighted by molar-refractivity contribution is 9.10. The van der Waals surface area contributed by atoms with Crippen LogP contribution in [0.15, 0.2) is 57.0 Å². The molecule has 2 heterocycles. The normalized spacial score (nSPS) is 10.9. The number of hydrogen-bond acceptors (Lipinski definition) is 3. The Kier molecular flexibility index (Phi) is 3.76. The molecule has 3 rings (SSSR count). The second-order valence-electron chi connectivity index (χ2n) is 4.70. The van der Waals surface area contributed by atoms with Gasteiger partial charge in [0.05, 0.1) is 5.52 Å². The predicted octanol–water partition coefficient (Wildman–Crippen LogP) is 5.16. The summed E-state index contributed by atoms with van der Waals surface area (Å²) >= 11 is 5.18. The molecule has 4 heteroatoms. The molecule has 0 saturated carbocycles. The summed E-state index contributed by atoms with van der Waals surface area (Å²) in [5.74, 6) is 0. The maximum absolute atomic E-state index is 4.50. The fourth-order valence-electron chi connectivity index (χ4n) is 2.00. The SMILES string of the molecule is Cc1ccc(C)c(Sc2ccnc3cc(Br)cnc23)c1. The van der Waals surface area contributed by atoms with Crippen molar-refractivity contribution in [3.05, 3.63) is 58.3 Å². The van der Waals surface area contributed by atoms with Crippen LogP contribution in [-0.2, 0) is 0 Å². The van der Waals surface area contributed by atoms with E-state index in [4.69, 9.17) is 0 Å². The van der Waals surface area contributed by atoms with Crippen LogP contribution < -0.4 is 0 Å². The highest BCUT2D eigenvalue weighted by atomic mass is 79.9. The second-order valence-corrected chi connectivity index (χ2v) is 6.70. The molecule has 20 heavy (non-hydrogen) atoms. The number of aromatic nitrogens is 2. The molecule has 0 saturated heterocycles. The van der Waals surface area contributed by atoms with Gasteiger partial charge in [-0.1, -0.05) is 23.9 Å². The summed E-state index contributed by atoms with van der Waals surface area (Å²) < 4.78 is 0.950. The van der Waals surface area contributed by atoms with Crippen molar-refractivity contribution in [3.8, 4) is 0 Å². The molecule has 3 aromatic rings. The standard InChI is InChI=1S/C16H13BrN2S/c1-10-3-4-11(2)15(7-10)20-14-5-6-18-13-8-12(17)9-19-16(13)14/h3-9H,1-2H3. The lowest BCUT2D eigenvalue weighted by Crippen LogP contribution is -1.87. The van der Waals surface area contributed by atoms with Crippen molar-refractivity contribution in [2.75, 3.05) is 0 Å². The Morgan fingerprint density at radius 2 is 1.85 bits per heavy atom. The fourth-order valence-corrected chi connectivity index (χ4v) is 3.41. The minimum absolute atomic E-state index is 0.912. The van der Waals surface area contributed by atoms with Crippen LogP contribution in [0.1, 0.15) is 11.1 Å². The first-order valence-corrected chi connectivity index (χ1v) is 7.90. The van der Waals surface area contributed by atoms with Gasteiger partial charge in [-0.25, -0.2) is 0 Å². The molecule has 1 aromatic carbocycles. The Morgan fingerprint density at radius 1 is 1.00 bits per heavy atom. The van der Waals surface area contributed by atoms with Crippen molar-refractivity contribution in [1.82, 2.24) is 9.97 Å². The van der Waals surface area contributed by atoms with Crippen molar-refractivity contribution in [2.24, 2.45) is 0 Å². The monoisotopic (exact) mass is 344 g/mol. The maximum atomic E-state index is 4.50. The zero-order valence-electron chi connectivity index (χ0n) is 11.2. The number of hydrogen-bond donors (Lipinski definition) is 0. The minimum Gasteiger partial charge on any atom is -0.254 e. The molecule has 0 N–H and O–H groups in total. The van der Waals surface area contributed by atoms with Crippen LogP contribution >= 0.6 is 27.7 Å². The Hall–Kier alpha value is -1.39. The lowest BCUT2D eigenvalue weighted by molar-refractivity contribution is 1.24. The summed E-state index contributed by atoms with van der Waals surface area (Å²) in [5, 5.41) is 0. The van der Waals surface area contributed by atoms with Gasteiger partial charge in [-0.2, -0.15) is 0 Å². The fraction of sp³-hybridized carbons (Fsp3) is 0.125. The first kappa shape index (κ1) is 13.6. The van der Waals surface area contributed by atoms with E-state index in [2.05, 4.69) is 57.9 Å². The smallest absolute Gasteiger partial charge is 0.103 e. The molecule has 0 amide bonds. The Labute approximate surface area is 130 Å². The molecule has 0 spiro atoms. The summed E-state index contributed by atoms with van der Waals surface area (Å²) in [4.78, 5) is 11.3. The van der Waals surface area contributed by atoms with E-state index in [0.717, 1.165) is 20.4 Å². The number of pyridine rings is 2. The number of nitrogens with zero attached hydrogens (tertiary/aromatic N) is 2. The summed E-state index contributed by atoms with van der Waals surface area (Å²) in [7, 11) is 0. The van der Waals surface area contributed by atoms with Crippen LogP contribution in [0.25, 0.3) is 11.0 Å². The van der Waals surface area contributed by atoms with E-state index in [-0.39, 0.29) is 0 Å². The first-order chi connectivity index (χ1) is 9.63. The van der Waals surface area contributed by atoms with Crippen LogP contribution in [0.5, 0.6) is 0 Å². The van der Waals surface area contributed by atoms with E-state index in [0.29, 0.717) is 0 Å². The van der Waals surface area contributed by atoms with Crippen molar-refractivity contribution >= 4 is 38.7 Å². The van der Waals surface area contributed by atoms with Crippen molar-refractivity contribution in [1.29, 1.82) is 0 Å². The number of aryl methyl sites for hydroxylation is 2. The average molecular weight is 345 g/mol. The van der Waals surface area contributed by atoms with Crippen LogP contribution in [0, 0.1) is 13.8 Å².